The van der Waals surface area contributed by atoms with Crippen LogP contribution < -0.4 is 5.43 Å². The average molecular weight is 332 g/mol. The highest BCUT2D eigenvalue weighted by Gasteiger charge is 2.30. The van der Waals surface area contributed by atoms with Crippen molar-refractivity contribution < 1.29 is 4.42 Å². The Kier molecular flexibility index (Phi) is 3.80. The topological polar surface area (TPSA) is 57.4 Å². The lowest BCUT2D eigenvalue weighted by atomic mass is 10.2. The zero-order chi connectivity index (χ0) is 15.8. The molecular formula is C16H18ClN5O. The molecule has 4 rings (SSSR count). The second-order valence-electron chi connectivity index (χ2n) is 5.91. The van der Waals surface area contributed by atoms with Gasteiger partial charge in [-0.1, -0.05) is 11.6 Å². The van der Waals surface area contributed by atoms with E-state index in [1.165, 1.54) is 5.70 Å². The first-order valence-corrected chi connectivity index (χ1v) is 8.04. The molecule has 0 spiro atoms. The van der Waals surface area contributed by atoms with E-state index in [4.69, 9.17) is 16.0 Å². The molecule has 2 aliphatic heterocycles. The fraction of sp³-hybridized carbons (Fsp3) is 0.375. The summed E-state index contributed by atoms with van der Waals surface area (Å²) >= 11 is 6.17. The smallest absolute Gasteiger partial charge is 0.216 e. The molecule has 0 saturated carbocycles. The van der Waals surface area contributed by atoms with Crippen molar-refractivity contribution in [3.05, 3.63) is 58.7 Å². The molecule has 1 saturated heterocycles. The molecule has 2 aromatic heterocycles. The zero-order valence-corrected chi connectivity index (χ0v) is 13.6. The van der Waals surface area contributed by atoms with Crippen LogP contribution in [0.3, 0.4) is 0 Å². The van der Waals surface area contributed by atoms with Gasteiger partial charge in [0.05, 0.1) is 16.9 Å². The summed E-state index contributed by atoms with van der Waals surface area (Å²) in [4.78, 5) is 11.0. The van der Waals surface area contributed by atoms with E-state index in [2.05, 4.69) is 31.4 Å². The van der Waals surface area contributed by atoms with Crippen LogP contribution in [0.15, 0.2) is 40.9 Å². The maximum Gasteiger partial charge on any atom is 0.216 e. The Bertz CT molecular complexity index is 730. The number of fused-ring (bicyclic) bond motifs is 1. The predicted molar refractivity (Wildman–Crippen MR) is 86.4 cm³/mol. The number of rotatable bonds is 3. The van der Waals surface area contributed by atoms with E-state index in [-0.39, 0.29) is 6.04 Å². The lowest BCUT2D eigenvalue weighted by Crippen LogP contribution is -2.47. The third kappa shape index (κ3) is 2.97. The van der Waals surface area contributed by atoms with Crippen LogP contribution in [0, 0.1) is 6.92 Å². The van der Waals surface area contributed by atoms with Crippen LogP contribution in [0.25, 0.3) is 0 Å². The van der Waals surface area contributed by atoms with Gasteiger partial charge >= 0.3 is 0 Å². The summed E-state index contributed by atoms with van der Waals surface area (Å²) in [6.07, 6.45) is 7.36. The number of hydrogen-bond donors (Lipinski definition) is 1. The van der Waals surface area contributed by atoms with Crippen molar-refractivity contribution in [1.29, 1.82) is 0 Å². The van der Waals surface area contributed by atoms with Crippen LogP contribution in [0.5, 0.6) is 0 Å². The molecule has 4 heterocycles. The number of hydrazine groups is 1. The summed E-state index contributed by atoms with van der Waals surface area (Å²) in [6.45, 7) is 5.56. The molecule has 1 fully saturated rings. The van der Waals surface area contributed by atoms with Crippen molar-refractivity contribution in [3.63, 3.8) is 0 Å². The summed E-state index contributed by atoms with van der Waals surface area (Å²) in [6, 6.07) is 2.03. The molecule has 23 heavy (non-hydrogen) atoms. The highest BCUT2D eigenvalue weighted by molar-refractivity contribution is 6.31. The van der Waals surface area contributed by atoms with Crippen LogP contribution in [-0.2, 0) is 6.54 Å². The normalized spacial score (nSPS) is 21.4. The lowest BCUT2D eigenvalue weighted by molar-refractivity contribution is 0.136. The summed E-state index contributed by atoms with van der Waals surface area (Å²) in [5.41, 5.74) is 6.69. The summed E-state index contributed by atoms with van der Waals surface area (Å²) in [5, 5.41) is 2.91. The molecule has 1 atom stereocenters. The van der Waals surface area contributed by atoms with Gasteiger partial charge in [-0.05, 0) is 24.6 Å². The number of nitrogens with one attached hydrogen (secondary N) is 1. The molecule has 0 bridgehead atoms. The standard InChI is InChI=1S/C16H18ClN5O/c1-11-14(17)6-12(8-19-11)9-21-3-4-22-13(10-21)7-15(20-22)16-18-2-5-23-16/h2,5-8,15,20H,3-4,9-10H2,1H3. The predicted octanol–water partition coefficient (Wildman–Crippen LogP) is 2.29. The minimum atomic E-state index is 0.0236. The number of halogens is 1. The van der Waals surface area contributed by atoms with Gasteiger partial charge in [-0.25, -0.2) is 10.4 Å². The first-order valence-electron chi connectivity index (χ1n) is 7.66. The maximum absolute atomic E-state index is 6.17. The molecule has 0 aliphatic carbocycles. The molecule has 7 heteroatoms. The van der Waals surface area contributed by atoms with E-state index in [1.54, 1.807) is 12.5 Å². The van der Waals surface area contributed by atoms with Gasteiger partial charge in [0.15, 0.2) is 0 Å². The van der Waals surface area contributed by atoms with E-state index in [0.29, 0.717) is 5.89 Å². The third-order valence-electron chi connectivity index (χ3n) is 4.23. The van der Waals surface area contributed by atoms with Gasteiger partial charge in [0.1, 0.15) is 12.3 Å². The van der Waals surface area contributed by atoms with Crippen molar-refractivity contribution in [1.82, 2.24) is 25.3 Å². The van der Waals surface area contributed by atoms with E-state index >= 15 is 0 Å². The molecule has 6 nitrogen and oxygen atoms in total. The van der Waals surface area contributed by atoms with Crippen LogP contribution in [0.1, 0.15) is 23.2 Å². The second kappa shape index (κ2) is 5.96. The summed E-state index contributed by atoms with van der Waals surface area (Å²) in [5.74, 6) is 0.702. The molecule has 120 valence electrons. The molecule has 2 aliphatic rings. The minimum absolute atomic E-state index is 0.0236. The van der Waals surface area contributed by atoms with Crippen LogP contribution in [0.4, 0.5) is 0 Å². The largest absolute Gasteiger partial charge is 0.447 e. The summed E-state index contributed by atoms with van der Waals surface area (Å²) < 4.78 is 5.39. The highest BCUT2D eigenvalue weighted by Crippen LogP contribution is 2.26. The van der Waals surface area contributed by atoms with Crippen LogP contribution in [-0.4, -0.2) is 39.5 Å². The number of piperazine rings is 1. The molecule has 0 radical (unpaired) electrons. The Hall–Kier alpha value is -1.89. The number of nitrogens with zero attached hydrogens (tertiary/aromatic N) is 4. The minimum Gasteiger partial charge on any atom is -0.447 e. The fourth-order valence-corrected chi connectivity index (χ4v) is 3.20. The van der Waals surface area contributed by atoms with E-state index in [1.807, 2.05) is 19.2 Å². The SMILES string of the molecule is Cc1ncc(CN2CCN3NC(c4ncco4)C=C3C2)cc1Cl. The monoisotopic (exact) mass is 331 g/mol. The zero-order valence-electron chi connectivity index (χ0n) is 12.9. The number of aryl methyl sites for hydroxylation is 1. The number of hydrogen-bond acceptors (Lipinski definition) is 6. The first kappa shape index (κ1) is 14.7. The lowest BCUT2D eigenvalue weighted by Gasteiger charge is -2.35. The van der Waals surface area contributed by atoms with Crippen molar-refractivity contribution in [3.8, 4) is 0 Å². The van der Waals surface area contributed by atoms with E-state index < -0.39 is 0 Å². The third-order valence-corrected chi connectivity index (χ3v) is 4.61. The second-order valence-corrected chi connectivity index (χ2v) is 6.32. The molecule has 1 unspecified atom stereocenters. The van der Waals surface area contributed by atoms with Gasteiger partial charge in [-0.2, -0.15) is 0 Å². The van der Waals surface area contributed by atoms with Gasteiger partial charge in [0.2, 0.25) is 5.89 Å². The number of aromatic nitrogens is 2. The number of oxazole rings is 1. The molecule has 0 aromatic carbocycles. The van der Waals surface area contributed by atoms with Crippen molar-refractivity contribution in [2.24, 2.45) is 0 Å². The van der Waals surface area contributed by atoms with E-state index in [0.717, 1.165) is 42.5 Å². The Morgan fingerprint density at radius 3 is 3.09 bits per heavy atom. The van der Waals surface area contributed by atoms with E-state index in [9.17, 15) is 0 Å². The van der Waals surface area contributed by atoms with Crippen molar-refractivity contribution in [2.75, 3.05) is 19.6 Å². The van der Waals surface area contributed by atoms with Crippen molar-refractivity contribution >= 4 is 11.6 Å². The Labute approximate surface area is 139 Å². The van der Waals surface area contributed by atoms with Gasteiger partial charge in [0, 0.05) is 38.1 Å². The molecule has 1 N–H and O–H groups in total. The number of pyridine rings is 1. The van der Waals surface area contributed by atoms with Crippen LogP contribution in [0.2, 0.25) is 5.02 Å². The van der Waals surface area contributed by atoms with Gasteiger partial charge in [-0.15, -0.1) is 0 Å². The highest BCUT2D eigenvalue weighted by atomic mass is 35.5. The van der Waals surface area contributed by atoms with Gasteiger partial charge in [0.25, 0.3) is 0 Å². The maximum atomic E-state index is 6.17. The van der Waals surface area contributed by atoms with Crippen LogP contribution >= 0.6 is 11.6 Å². The fourth-order valence-electron chi connectivity index (χ4n) is 3.01. The molecular weight excluding hydrogens is 314 g/mol. The molecule has 2 aromatic rings. The van der Waals surface area contributed by atoms with Gasteiger partial charge in [-0.3, -0.25) is 9.88 Å². The Balaban J connectivity index is 1.45. The Morgan fingerprint density at radius 2 is 2.30 bits per heavy atom. The molecule has 0 amide bonds. The quantitative estimate of drug-likeness (QED) is 0.931. The van der Waals surface area contributed by atoms with Crippen molar-refractivity contribution in [2.45, 2.75) is 19.5 Å². The first-order chi connectivity index (χ1) is 11.2. The van der Waals surface area contributed by atoms with Gasteiger partial charge < -0.3 is 9.43 Å². The summed E-state index contributed by atoms with van der Waals surface area (Å²) in [7, 11) is 0. The Morgan fingerprint density at radius 1 is 1.39 bits per heavy atom. The average Bonchev–Trinajstić information content (AvgIpc) is 3.19.